The predicted molar refractivity (Wildman–Crippen MR) is 91.0 cm³/mol. The van der Waals surface area contributed by atoms with Gasteiger partial charge < -0.3 is 15.6 Å². The first-order valence-corrected chi connectivity index (χ1v) is 8.34. The van der Waals surface area contributed by atoms with Crippen LogP contribution in [0.1, 0.15) is 25.3 Å². The summed E-state index contributed by atoms with van der Waals surface area (Å²) in [6.07, 6.45) is 0.716. The topological polar surface area (TPSA) is 117 Å². The molecule has 1 aliphatic carbocycles. The third-order valence-electron chi connectivity index (χ3n) is 5.27. The van der Waals surface area contributed by atoms with Crippen LogP contribution in [0.3, 0.4) is 0 Å². The summed E-state index contributed by atoms with van der Waals surface area (Å²) in [5, 5.41) is 19.6. The summed E-state index contributed by atoms with van der Waals surface area (Å²) in [7, 11) is 0. The Kier molecular flexibility index (Phi) is 3.43. The van der Waals surface area contributed by atoms with E-state index in [9.17, 15) is 20.0 Å². The van der Waals surface area contributed by atoms with Gasteiger partial charge in [0.15, 0.2) is 5.78 Å². The molecule has 1 spiro atoms. The minimum absolute atomic E-state index is 0.0513. The molecular formula is C19H17N3O4. The SMILES string of the molecule is C[C@H]1CC(=O)C2=C(C1)OC(N)=C(C#N)[C@@]21C(=O)N(CO)c2ccccc21. The molecule has 7 heteroatoms. The number of ether oxygens (including phenoxy) is 1. The van der Waals surface area contributed by atoms with Gasteiger partial charge >= 0.3 is 0 Å². The highest BCUT2D eigenvalue weighted by atomic mass is 16.5. The van der Waals surface area contributed by atoms with Gasteiger partial charge in [0.25, 0.3) is 0 Å². The van der Waals surface area contributed by atoms with E-state index in [2.05, 4.69) is 0 Å². The number of rotatable bonds is 1. The number of aliphatic hydroxyl groups is 1. The van der Waals surface area contributed by atoms with Crippen LogP contribution in [0, 0.1) is 17.2 Å². The molecule has 0 radical (unpaired) electrons. The number of nitrogens with zero attached hydrogens (tertiary/aromatic N) is 2. The number of hydrogen-bond donors (Lipinski definition) is 2. The maximum absolute atomic E-state index is 13.5. The van der Waals surface area contributed by atoms with Crippen LogP contribution in [0.5, 0.6) is 0 Å². The molecule has 0 saturated carbocycles. The molecule has 1 amide bonds. The second-order valence-electron chi connectivity index (χ2n) is 6.83. The standard InChI is InChI=1S/C19H17N3O4/c1-10-6-14(24)16-15(7-10)26-17(21)12(8-20)19(16)11-4-2-3-5-13(11)22(9-23)18(19)25/h2-5,10,23H,6-7,9,21H2,1H3/t10-,19+/m0/s1. The van der Waals surface area contributed by atoms with E-state index in [1.165, 1.54) is 4.90 Å². The molecule has 0 saturated heterocycles. The van der Waals surface area contributed by atoms with Crippen LogP contribution in [-0.4, -0.2) is 23.5 Å². The summed E-state index contributed by atoms with van der Waals surface area (Å²) >= 11 is 0. The first-order chi connectivity index (χ1) is 12.5. The smallest absolute Gasteiger partial charge is 0.249 e. The van der Waals surface area contributed by atoms with Gasteiger partial charge in [0.1, 0.15) is 29.5 Å². The molecule has 3 aliphatic rings. The number of anilines is 1. The lowest BCUT2D eigenvalue weighted by Crippen LogP contribution is -2.49. The van der Waals surface area contributed by atoms with Crippen LogP contribution >= 0.6 is 0 Å². The molecule has 7 nitrogen and oxygen atoms in total. The summed E-state index contributed by atoms with van der Waals surface area (Å²) in [5.74, 6) is -0.568. The molecule has 1 aromatic carbocycles. The number of benzene rings is 1. The fourth-order valence-electron chi connectivity index (χ4n) is 4.29. The Labute approximate surface area is 150 Å². The number of allylic oxidation sites excluding steroid dienone is 1. The van der Waals surface area contributed by atoms with Crippen LogP contribution in [0.2, 0.25) is 0 Å². The number of nitrogens with two attached hydrogens (primary N) is 1. The van der Waals surface area contributed by atoms with Crippen LogP contribution in [-0.2, 0) is 19.7 Å². The van der Waals surface area contributed by atoms with Crippen molar-refractivity contribution >= 4 is 17.4 Å². The van der Waals surface area contributed by atoms with E-state index in [4.69, 9.17) is 10.5 Å². The zero-order chi connectivity index (χ0) is 18.6. The van der Waals surface area contributed by atoms with Gasteiger partial charge in [-0.15, -0.1) is 0 Å². The number of amides is 1. The zero-order valence-electron chi connectivity index (χ0n) is 14.2. The number of nitriles is 1. The molecule has 0 fully saturated rings. The van der Waals surface area contributed by atoms with Crippen molar-refractivity contribution in [3.63, 3.8) is 0 Å². The minimum atomic E-state index is -1.65. The lowest BCUT2D eigenvalue weighted by atomic mass is 9.64. The Balaban J connectivity index is 2.12. The second-order valence-corrected chi connectivity index (χ2v) is 6.83. The average molecular weight is 351 g/mol. The molecule has 2 atom stereocenters. The van der Waals surface area contributed by atoms with Crippen LogP contribution in [0.15, 0.2) is 47.1 Å². The Morgan fingerprint density at radius 3 is 2.81 bits per heavy atom. The van der Waals surface area contributed by atoms with Crippen molar-refractivity contribution in [3.8, 4) is 6.07 Å². The Morgan fingerprint density at radius 1 is 1.38 bits per heavy atom. The highest BCUT2D eigenvalue weighted by Crippen LogP contribution is 2.55. The maximum Gasteiger partial charge on any atom is 0.249 e. The largest absolute Gasteiger partial charge is 0.444 e. The quantitative estimate of drug-likeness (QED) is 0.785. The molecule has 0 unspecified atom stereocenters. The van der Waals surface area contributed by atoms with Crippen LogP contribution in [0.25, 0.3) is 0 Å². The summed E-state index contributed by atoms with van der Waals surface area (Å²) < 4.78 is 5.61. The lowest BCUT2D eigenvalue weighted by molar-refractivity contribution is -0.125. The average Bonchev–Trinajstić information content (AvgIpc) is 2.84. The van der Waals surface area contributed by atoms with Gasteiger partial charge in [-0.25, -0.2) is 0 Å². The van der Waals surface area contributed by atoms with E-state index < -0.39 is 18.1 Å². The number of fused-ring (bicyclic) bond motifs is 3. The maximum atomic E-state index is 13.5. The van der Waals surface area contributed by atoms with Crippen molar-refractivity contribution < 1.29 is 19.4 Å². The van der Waals surface area contributed by atoms with Gasteiger partial charge in [-0.05, 0) is 12.0 Å². The summed E-state index contributed by atoms with van der Waals surface area (Å²) in [5.41, 5.74) is 5.35. The molecule has 4 rings (SSSR count). The van der Waals surface area contributed by atoms with Gasteiger partial charge in [-0.3, -0.25) is 14.5 Å². The van der Waals surface area contributed by atoms with Crippen LogP contribution in [0.4, 0.5) is 5.69 Å². The first-order valence-electron chi connectivity index (χ1n) is 8.34. The van der Waals surface area contributed by atoms with E-state index in [1.54, 1.807) is 24.3 Å². The lowest BCUT2D eigenvalue weighted by Gasteiger charge is -2.38. The molecule has 132 valence electrons. The molecule has 2 heterocycles. The minimum Gasteiger partial charge on any atom is -0.444 e. The van der Waals surface area contributed by atoms with Crippen molar-refractivity contribution in [3.05, 3.63) is 52.6 Å². The molecule has 26 heavy (non-hydrogen) atoms. The number of para-hydroxylation sites is 1. The number of hydrogen-bond acceptors (Lipinski definition) is 6. The summed E-state index contributed by atoms with van der Waals surface area (Å²) in [6, 6.07) is 8.80. The molecule has 0 bridgehead atoms. The predicted octanol–water partition coefficient (Wildman–Crippen LogP) is 1.20. The summed E-state index contributed by atoms with van der Waals surface area (Å²) in [4.78, 5) is 27.6. The van der Waals surface area contributed by atoms with Crippen LogP contribution < -0.4 is 10.6 Å². The van der Waals surface area contributed by atoms with Gasteiger partial charge in [0.05, 0.1) is 11.3 Å². The van der Waals surface area contributed by atoms with E-state index in [-0.39, 0.29) is 35.2 Å². The number of Topliss-reactive ketones (excluding diaryl/α,β-unsaturated/α-hetero) is 1. The van der Waals surface area contributed by atoms with E-state index in [1.807, 2.05) is 13.0 Å². The highest BCUT2D eigenvalue weighted by molar-refractivity contribution is 6.19. The second kappa shape index (κ2) is 5.44. The Hall–Kier alpha value is -3.11. The third kappa shape index (κ3) is 1.79. The third-order valence-corrected chi connectivity index (χ3v) is 5.27. The van der Waals surface area contributed by atoms with Gasteiger partial charge in [-0.1, -0.05) is 25.1 Å². The molecule has 0 aromatic heterocycles. The van der Waals surface area contributed by atoms with E-state index in [0.717, 1.165) is 0 Å². The number of ketones is 1. The zero-order valence-corrected chi connectivity index (χ0v) is 14.2. The van der Waals surface area contributed by atoms with Crippen molar-refractivity contribution in [1.29, 1.82) is 5.26 Å². The fraction of sp³-hybridized carbons (Fsp3) is 0.316. The molecule has 2 aliphatic heterocycles. The van der Waals surface area contributed by atoms with Gasteiger partial charge in [0.2, 0.25) is 11.8 Å². The van der Waals surface area contributed by atoms with E-state index in [0.29, 0.717) is 23.4 Å². The number of carbonyl (C=O) groups excluding carboxylic acids is 2. The van der Waals surface area contributed by atoms with Crippen molar-refractivity contribution in [2.75, 3.05) is 11.6 Å². The molecule has 1 aromatic rings. The van der Waals surface area contributed by atoms with E-state index >= 15 is 0 Å². The van der Waals surface area contributed by atoms with Crippen molar-refractivity contribution in [1.82, 2.24) is 0 Å². The normalized spacial score (nSPS) is 27.4. The van der Waals surface area contributed by atoms with Crippen molar-refractivity contribution in [2.45, 2.75) is 25.2 Å². The summed E-state index contributed by atoms with van der Waals surface area (Å²) in [6.45, 7) is 1.35. The Bertz CT molecular complexity index is 956. The number of aliphatic hydroxyl groups excluding tert-OH is 1. The number of carbonyl (C=O) groups is 2. The van der Waals surface area contributed by atoms with Crippen molar-refractivity contribution in [2.24, 2.45) is 11.7 Å². The Morgan fingerprint density at radius 2 is 2.12 bits per heavy atom. The molecule has 3 N–H and O–H groups in total. The fourth-order valence-corrected chi connectivity index (χ4v) is 4.29. The highest BCUT2D eigenvalue weighted by Gasteiger charge is 2.62. The first kappa shape index (κ1) is 16.4. The van der Waals surface area contributed by atoms with Gasteiger partial charge in [0, 0.05) is 18.4 Å². The monoisotopic (exact) mass is 351 g/mol. The molecular weight excluding hydrogens is 334 g/mol. The van der Waals surface area contributed by atoms with Gasteiger partial charge in [-0.2, -0.15) is 5.26 Å².